The summed E-state index contributed by atoms with van der Waals surface area (Å²) in [6, 6.07) is 22.8. The summed E-state index contributed by atoms with van der Waals surface area (Å²) in [7, 11) is 0. The Morgan fingerprint density at radius 3 is 1.41 bits per heavy atom. The van der Waals surface area contributed by atoms with E-state index in [2.05, 4.69) is 25.8 Å². The van der Waals surface area contributed by atoms with Crippen molar-refractivity contribution in [3.05, 3.63) is 141 Å². The first-order valence-corrected chi connectivity index (χ1v) is 24.3. The number of nitrogens with one attached hydrogen (secondary N) is 3. The van der Waals surface area contributed by atoms with Crippen molar-refractivity contribution in [3.63, 3.8) is 0 Å². The van der Waals surface area contributed by atoms with Gasteiger partial charge in [-0.1, -0.05) is 59.6 Å². The molecule has 8 rings (SSSR count). The Kier molecular flexibility index (Phi) is 17.3. The van der Waals surface area contributed by atoms with Gasteiger partial charge in [0.1, 0.15) is 17.2 Å². The van der Waals surface area contributed by atoms with E-state index in [-0.39, 0.29) is 59.4 Å². The quantitative estimate of drug-likeness (QED) is 0.135. The molecule has 4 unspecified atom stereocenters. The van der Waals surface area contributed by atoms with Crippen LogP contribution in [0, 0.1) is 11.6 Å². The van der Waals surface area contributed by atoms with E-state index in [1.165, 1.54) is 44.2 Å². The van der Waals surface area contributed by atoms with Gasteiger partial charge in [0.05, 0.1) is 24.2 Å². The average molecular weight is 1010 g/mol. The Balaban J connectivity index is 0.000000213. The van der Waals surface area contributed by atoms with Gasteiger partial charge < -0.3 is 35.4 Å². The van der Waals surface area contributed by atoms with Gasteiger partial charge >= 0.3 is 6.09 Å². The molecule has 4 aromatic rings. The fourth-order valence-corrected chi connectivity index (χ4v) is 9.84. The summed E-state index contributed by atoms with van der Waals surface area (Å²) in [5.41, 5.74) is 3.87. The highest BCUT2D eigenvalue weighted by atomic mass is 35.5. The van der Waals surface area contributed by atoms with E-state index in [0.717, 1.165) is 49.4 Å². The van der Waals surface area contributed by atoms with Crippen LogP contribution < -0.4 is 16.0 Å². The van der Waals surface area contributed by atoms with E-state index in [1.807, 2.05) is 42.7 Å². The van der Waals surface area contributed by atoms with Crippen LogP contribution in [0.5, 0.6) is 0 Å². The van der Waals surface area contributed by atoms with Crippen molar-refractivity contribution in [1.29, 1.82) is 0 Å². The Hall–Kier alpha value is -6.17. The second-order valence-corrected chi connectivity index (χ2v) is 20.2. The molecule has 4 aliphatic heterocycles. The van der Waals surface area contributed by atoms with Gasteiger partial charge in [-0.15, -0.1) is 0 Å². The van der Waals surface area contributed by atoms with Crippen LogP contribution in [0.2, 0.25) is 10.0 Å². The second-order valence-electron chi connectivity index (χ2n) is 19.3. The lowest BCUT2D eigenvalue weighted by Gasteiger charge is -2.52. The van der Waals surface area contributed by atoms with Gasteiger partial charge in [0.2, 0.25) is 23.6 Å². The van der Waals surface area contributed by atoms with Crippen molar-refractivity contribution >= 4 is 76.5 Å². The standard InChI is InChI=1S/C29H34ClFN4O4.C24H26ClFN4O2/c1-19(36)32-26-13-22(30)9-7-21(26)8-12-27(37)35-24-15-33(14-20-5-10-23(31)11-6-20)16-25(35)18-34(17-24)28(38)39-29(2,3)4;1-16(31)28-23-10-19(25)6-4-18(23)5-9-24(32)30-21-11-27-12-22(30)15-29(14-21)13-17-2-7-20(26)8-3-17/h5-13,24-25H,14-18H2,1-4H3,(H,32,36);2-10,21-22,27H,11-15H2,1H3,(H,28,31)/b12-8+;9-5+. The van der Waals surface area contributed by atoms with Gasteiger partial charge in [-0.05, 0) is 104 Å². The second kappa shape index (κ2) is 23.4. The number of rotatable bonds is 10. The van der Waals surface area contributed by atoms with E-state index in [1.54, 1.807) is 71.7 Å². The van der Waals surface area contributed by atoms with Crippen LogP contribution in [0.1, 0.15) is 56.9 Å². The number of anilines is 2. The smallest absolute Gasteiger partial charge is 0.410 e. The molecule has 14 nitrogen and oxygen atoms in total. The third-order valence-corrected chi connectivity index (χ3v) is 12.8. The van der Waals surface area contributed by atoms with Crippen molar-refractivity contribution < 1.29 is 37.5 Å². The average Bonchev–Trinajstić information content (AvgIpc) is 3.28. The summed E-state index contributed by atoms with van der Waals surface area (Å²) in [6.07, 6.45) is 6.05. The molecule has 71 heavy (non-hydrogen) atoms. The van der Waals surface area contributed by atoms with Gasteiger partial charge in [0.15, 0.2) is 0 Å². The number of carbonyl (C=O) groups is 5. The maximum absolute atomic E-state index is 13.5. The minimum Gasteiger partial charge on any atom is -0.444 e. The summed E-state index contributed by atoms with van der Waals surface area (Å²) >= 11 is 12.1. The van der Waals surface area contributed by atoms with Crippen molar-refractivity contribution in [2.45, 2.75) is 77.5 Å². The van der Waals surface area contributed by atoms with Crippen molar-refractivity contribution in [3.8, 4) is 0 Å². The predicted octanol–water partition coefficient (Wildman–Crippen LogP) is 7.92. The summed E-state index contributed by atoms with van der Waals surface area (Å²) < 4.78 is 32.2. The molecule has 3 N–H and O–H groups in total. The monoisotopic (exact) mass is 1010 g/mol. The molecule has 376 valence electrons. The molecule has 4 bridgehead atoms. The molecule has 4 saturated heterocycles. The number of benzene rings is 4. The summed E-state index contributed by atoms with van der Waals surface area (Å²) in [5, 5.41) is 9.89. The maximum atomic E-state index is 13.5. The van der Waals surface area contributed by atoms with Gasteiger partial charge in [0.25, 0.3) is 0 Å². The van der Waals surface area contributed by atoms with E-state index in [4.69, 9.17) is 27.9 Å². The zero-order valence-corrected chi connectivity index (χ0v) is 42.0. The normalized spacial score (nSPS) is 20.3. The fraction of sp³-hybridized carbons (Fsp3) is 0.377. The highest BCUT2D eigenvalue weighted by Crippen LogP contribution is 2.29. The molecule has 0 saturated carbocycles. The number of nitrogens with zero attached hydrogens (tertiary/aromatic N) is 5. The lowest BCUT2D eigenvalue weighted by Crippen LogP contribution is -2.70. The van der Waals surface area contributed by atoms with Crippen molar-refractivity contribution in [2.75, 3.05) is 63.0 Å². The first-order chi connectivity index (χ1) is 33.8. The van der Waals surface area contributed by atoms with E-state index in [9.17, 15) is 32.8 Å². The number of ether oxygens (including phenoxy) is 1. The summed E-state index contributed by atoms with van der Waals surface area (Å²) in [4.78, 5) is 72.7. The number of carbonyl (C=O) groups excluding carboxylic acids is 5. The van der Waals surface area contributed by atoms with E-state index < -0.39 is 11.7 Å². The lowest BCUT2D eigenvalue weighted by atomic mass is 9.99. The Labute approximate surface area is 423 Å². The molecule has 5 amide bonds. The molecule has 4 heterocycles. The van der Waals surface area contributed by atoms with Crippen molar-refractivity contribution in [2.24, 2.45) is 0 Å². The van der Waals surface area contributed by atoms with Crippen LogP contribution in [0.25, 0.3) is 12.2 Å². The summed E-state index contributed by atoms with van der Waals surface area (Å²) in [5.74, 6) is -1.20. The Morgan fingerprint density at radius 2 is 1.01 bits per heavy atom. The molecule has 0 aromatic heterocycles. The third-order valence-electron chi connectivity index (χ3n) is 12.3. The number of hydrogen-bond donors (Lipinski definition) is 3. The number of halogens is 4. The third kappa shape index (κ3) is 14.7. The molecular weight excluding hydrogens is 954 g/mol. The molecule has 4 aliphatic rings. The molecule has 0 aliphatic carbocycles. The molecule has 4 fully saturated rings. The zero-order valence-electron chi connectivity index (χ0n) is 40.5. The lowest BCUT2D eigenvalue weighted by molar-refractivity contribution is -0.141. The van der Waals surface area contributed by atoms with Gasteiger partial charge in [-0.2, -0.15) is 0 Å². The molecule has 4 aromatic carbocycles. The van der Waals surface area contributed by atoms with Gasteiger partial charge in [-0.25, -0.2) is 13.6 Å². The van der Waals surface area contributed by atoms with E-state index >= 15 is 0 Å². The maximum Gasteiger partial charge on any atom is 0.410 e. The molecular formula is C53H60Cl2F2N8O6. The highest BCUT2D eigenvalue weighted by Gasteiger charge is 2.44. The Morgan fingerprint density at radius 1 is 0.620 bits per heavy atom. The first-order valence-electron chi connectivity index (χ1n) is 23.5. The van der Waals surface area contributed by atoms with Crippen LogP contribution >= 0.6 is 23.2 Å². The molecule has 0 spiro atoms. The SMILES string of the molecule is CC(=O)Nc1cc(Cl)ccc1/C=C/C(=O)N1C2CN(Cc3ccc(F)cc3)CC1CN(C(=O)OC(C)(C)C)C2.CC(=O)Nc1cc(Cl)ccc1/C=C/C(=O)N1C2CNCC1CN(Cc1ccc(F)cc1)C2. The topological polar surface area (TPSA) is 147 Å². The van der Waals surface area contributed by atoms with Crippen LogP contribution in [0.3, 0.4) is 0 Å². The number of hydrogen-bond acceptors (Lipinski definition) is 9. The van der Waals surface area contributed by atoms with Crippen LogP contribution in [0.4, 0.5) is 25.0 Å². The van der Waals surface area contributed by atoms with Crippen LogP contribution in [-0.4, -0.2) is 136 Å². The first kappa shape index (κ1) is 52.6. The largest absolute Gasteiger partial charge is 0.444 e. The van der Waals surface area contributed by atoms with Gasteiger partial charge in [-0.3, -0.25) is 29.0 Å². The minimum absolute atomic E-state index is 0.0494. The van der Waals surface area contributed by atoms with Crippen LogP contribution in [-0.2, 0) is 37.0 Å². The number of piperazine rings is 4. The molecule has 18 heteroatoms. The van der Waals surface area contributed by atoms with Crippen molar-refractivity contribution in [1.82, 2.24) is 29.8 Å². The predicted molar refractivity (Wildman–Crippen MR) is 272 cm³/mol. The number of fused-ring (bicyclic) bond motifs is 4. The number of amides is 5. The minimum atomic E-state index is -0.624. The van der Waals surface area contributed by atoms with Crippen LogP contribution in [0.15, 0.2) is 97.1 Å². The van der Waals surface area contributed by atoms with Gasteiger partial charge in [0, 0.05) is 113 Å². The molecule has 4 atom stereocenters. The molecule has 0 radical (unpaired) electrons. The highest BCUT2D eigenvalue weighted by molar-refractivity contribution is 6.31. The zero-order chi connectivity index (χ0) is 51.0. The van der Waals surface area contributed by atoms with E-state index in [0.29, 0.717) is 59.7 Å². The fourth-order valence-electron chi connectivity index (χ4n) is 9.49. The summed E-state index contributed by atoms with van der Waals surface area (Å²) in [6.45, 7) is 14.4. The Bertz CT molecular complexity index is 2620.